The van der Waals surface area contributed by atoms with Gasteiger partial charge >= 0.3 is 0 Å². The zero-order valence-electron chi connectivity index (χ0n) is 16.7. The van der Waals surface area contributed by atoms with Crippen LogP contribution in [0.25, 0.3) is 0 Å². The quantitative estimate of drug-likeness (QED) is 0.533. The van der Waals surface area contributed by atoms with Crippen molar-refractivity contribution in [3.63, 3.8) is 0 Å². The molecule has 156 valence electrons. The van der Waals surface area contributed by atoms with Crippen molar-refractivity contribution in [2.24, 2.45) is 5.10 Å². The van der Waals surface area contributed by atoms with Crippen LogP contribution in [0.4, 0.5) is 11.5 Å². The minimum Gasteiger partial charge on any atom is -0.274 e. The van der Waals surface area contributed by atoms with Crippen LogP contribution in [0.5, 0.6) is 0 Å². The van der Waals surface area contributed by atoms with Crippen molar-refractivity contribution in [2.75, 3.05) is 5.01 Å². The maximum atomic E-state index is 12.6. The summed E-state index contributed by atoms with van der Waals surface area (Å²) in [5, 5.41) is 17.6. The van der Waals surface area contributed by atoms with Gasteiger partial charge < -0.3 is 0 Å². The van der Waals surface area contributed by atoms with E-state index in [0.717, 1.165) is 25.7 Å². The molecule has 9 nitrogen and oxygen atoms in total. The van der Waals surface area contributed by atoms with Gasteiger partial charge in [0, 0.05) is 37.5 Å². The van der Waals surface area contributed by atoms with E-state index in [9.17, 15) is 19.7 Å². The lowest BCUT2D eigenvalue weighted by molar-refractivity contribution is -0.384. The number of benzene rings is 1. The van der Waals surface area contributed by atoms with Crippen molar-refractivity contribution in [1.29, 1.82) is 0 Å². The van der Waals surface area contributed by atoms with E-state index in [-0.39, 0.29) is 23.4 Å². The molecule has 2 aromatic rings. The van der Waals surface area contributed by atoms with E-state index in [1.807, 2.05) is 0 Å². The third kappa shape index (κ3) is 3.62. The first-order valence-electron chi connectivity index (χ1n) is 9.82. The van der Waals surface area contributed by atoms with Crippen LogP contribution in [0.3, 0.4) is 0 Å². The molecule has 1 aromatic heterocycles. The molecular formula is C20H21N5O4S. The number of aromatic nitrogens is 2. The topological polar surface area (TPSA) is 111 Å². The molecule has 4 rings (SSSR count). The van der Waals surface area contributed by atoms with Gasteiger partial charge in [-0.1, -0.05) is 19.3 Å². The molecule has 0 radical (unpaired) electrons. The van der Waals surface area contributed by atoms with Crippen LogP contribution in [-0.4, -0.2) is 31.3 Å². The molecule has 2 aliphatic rings. The number of carbonyl (C=O) groups excluding carboxylic acids is 2. The summed E-state index contributed by atoms with van der Waals surface area (Å²) in [6.45, 7) is 2.88. The maximum Gasteiger partial charge on any atom is 0.269 e. The van der Waals surface area contributed by atoms with Gasteiger partial charge in [-0.15, -0.1) is 0 Å². The molecule has 1 amide bonds. The van der Waals surface area contributed by atoms with Crippen molar-refractivity contribution in [3.05, 3.63) is 45.8 Å². The zero-order chi connectivity index (χ0) is 21.4. The van der Waals surface area contributed by atoms with E-state index in [1.54, 1.807) is 16.7 Å². The molecule has 0 spiro atoms. The molecule has 1 aliphatic heterocycles. The van der Waals surface area contributed by atoms with Crippen LogP contribution in [0.15, 0.2) is 34.4 Å². The van der Waals surface area contributed by atoms with Crippen LogP contribution in [0, 0.1) is 10.1 Å². The number of hydrogen-bond donors (Lipinski definition) is 0. The highest BCUT2D eigenvalue weighted by molar-refractivity contribution is 8.14. The summed E-state index contributed by atoms with van der Waals surface area (Å²) in [6.07, 6.45) is 5.29. The maximum absolute atomic E-state index is 12.6. The lowest BCUT2D eigenvalue weighted by Crippen LogP contribution is -2.28. The Bertz CT molecular complexity index is 1050. The molecule has 0 unspecified atom stereocenters. The summed E-state index contributed by atoms with van der Waals surface area (Å²) in [6, 6.07) is 5.96. The first-order valence-corrected chi connectivity index (χ1v) is 10.6. The normalized spacial score (nSPS) is 16.7. The Morgan fingerprint density at radius 2 is 1.77 bits per heavy atom. The van der Waals surface area contributed by atoms with Crippen LogP contribution in [-0.2, 0) is 4.79 Å². The number of carbonyl (C=O) groups is 2. The minimum atomic E-state index is -0.471. The Morgan fingerprint density at radius 1 is 1.10 bits per heavy atom. The minimum absolute atomic E-state index is 0.0300. The molecule has 1 aliphatic carbocycles. The van der Waals surface area contributed by atoms with Gasteiger partial charge in [0.15, 0.2) is 5.82 Å². The van der Waals surface area contributed by atoms with Gasteiger partial charge in [0.25, 0.3) is 5.69 Å². The molecular weight excluding hydrogens is 406 g/mol. The van der Waals surface area contributed by atoms with Gasteiger partial charge in [-0.25, -0.2) is 4.98 Å². The summed E-state index contributed by atoms with van der Waals surface area (Å²) in [5.74, 6) is 0.746. The van der Waals surface area contributed by atoms with Crippen molar-refractivity contribution in [1.82, 2.24) is 9.55 Å². The second-order valence-corrected chi connectivity index (χ2v) is 8.41. The average Bonchev–Trinajstić information content (AvgIpc) is 3.13. The molecule has 30 heavy (non-hydrogen) atoms. The number of nitro groups is 1. The second kappa shape index (κ2) is 8.02. The number of fused-ring (bicyclic) bond motifs is 1. The van der Waals surface area contributed by atoms with Crippen molar-refractivity contribution < 1.29 is 14.5 Å². The molecule has 1 aromatic carbocycles. The number of nitrogens with zero attached hydrogens (tertiary/aromatic N) is 5. The molecule has 10 heteroatoms. The highest BCUT2D eigenvalue weighted by Crippen LogP contribution is 2.42. The van der Waals surface area contributed by atoms with Crippen molar-refractivity contribution in [3.8, 4) is 0 Å². The standard InChI is InChI=1S/C20H21N5O4S/c1-12(26)23-17(14-6-4-3-5-7-14)21-18-20(23)30-19(22-24(18)13(2)27)15-8-10-16(11-9-15)25(28)29/h8-11,14H,3-7H2,1-2H3. The highest BCUT2D eigenvalue weighted by atomic mass is 32.2. The second-order valence-electron chi connectivity index (χ2n) is 7.43. The van der Waals surface area contributed by atoms with Gasteiger partial charge in [-0.05, 0) is 36.7 Å². The van der Waals surface area contributed by atoms with E-state index >= 15 is 0 Å². The van der Waals surface area contributed by atoms with E-state index in [4.69, 9.17) is 4.98 Å². The predicted octanol–water partition coefficient (Wildman–Crippen LogP) is 4.32. The number of thioether (sulfide) groups is 1. The van der Waals surface area contributed by atoms with Gasteiger partial charge in [0.1, 0.15) is 15.9 Å². The van der Waals surface area contributed by atoms with E-state index in [0.29, 0.717) is 27.3 Å². The Hall–Kier alpha value is -3.01. The fraction of sp³-hybridized carbons (Fsp3) is 0.400. The van der Waals surface area contributed by atoms with E-state index in [2.05, 4.69) is 5.10 Å². The monoisotopic (exact) mass is 427 g/mol. The molecule has 0 saturated heterocycles. The first kappa shape index (κ1) is 20.3. The average molecular weight is 427 g/mol. The number of rotatable bonds is 3. The van der Waals surface area contributed by atoms with Crippen molar-refractivity contribution >= 4 is 40.1 Å². The Labute approximate surface area is 177 Å². The number of anilines is 1. The number of hydrazone groups is 1. The van der Waals surface area contributed by atoms with Crippen LogP contribution in [0.2, 0.25) is 0 Å². The Kier molecular flexibility index (Phi) is 5.42. The van der Waals surface area contributed by atoms with E-state index < -0.39 is 4.92 Å². The number of non-ortho nitro benzene ring substituents is 1. The van der Waals surface area contributed by atoms with Gasteiger partial charge in [0.2, 0.25) is 11.8 Å². The van der Waals surface area contributed by atoms with E-state index in [1.165, 1.54) is 49.2 Å². The SMILES string of the molecule is CC(=O)N1N=C(c2ccc([N+](=O)[O-])cc2)Sc2c1nc(C1CCCCC1)n2C(C)=O. The van der Waals surface area contributed by atoms with Gasteiger partial charge in [-0.3, -0.25) is 24.3 Å². The van der Waals surface area contributed by atoms with Crippen LogP contribution >= 0.6 is 11.8 Å². The summed E-state index contributed by atoms with van der Waals surface area (Å²) < 4.78 is 1.60. The number of amides is 1. The summed E-state index contributed by atoms with van der Waals surface area (Å²) in [7, 11) is 0. The Balaban J connectivity index is 1.79. The molecule has 0 bridgehead atoms. The third-order valence-corrected chi connectivity index (χ3v) is 6.41. The molecule has 2 heterocycles. The molecule has 0 N–H and O–H groups in total. The zero-order valence-corrected chi connectivity index (χ0v) is 17.5. The lowest BCUT2D eigenvalue weighted by Gasteiger charge is -2.22. The largest absolute Gasteiger partial charge is 0.274 e. The molecule has 0 atom stereocenters. The number of hydrogen-bond acceptors (Lipinski definition) is 7. The fourth-order valence-electron chi connectivity index (χ4n) is 3.89. The smallest absolute Gasteiger partial charge is 0.269 e. The predicted molar refractivity (Wildman–Crippen MR) is 113 cm³/mol. The summed E-state index contributed by atoms with van der Waals surface area (Å²) in [4.78, 5) is 40.1. The first-order chi connectivity index (χ1) is 14.4. The molecule has 1 fully saturated rings. The Morgan fingerprint density at radius 3 is 2.33 bits per heavy atom. The lowest BCUT2D eigenvalue weighted by atomic mass is 9.88. The van der Waals surface area contributed by atoms with Gasteiger partial charge in [-0.2, -0.15) is 10.1 Å². The fourth-order valence-corrected chi connectivity index (χ4v) is 4.99. The third-order valence-electron chi connectivity index (χ3n) is 5.34. The van der Waals surface area contributed by atoms with Crippen molar-refractivity contribution in [2.45, 2.75) is 56.9 Å². The number of nitro benzene ring substituents is 1. The summed E-state index contributed by atoms with van der Waals surface area (Å²) >= 11 is 1.25. The molecule has 1 saturated carbocycles. The summed E-state index contributed by atoms with van der Waals surface area (Å²) in [5.41, 5.74) is 0.593. The van der Waals surface area contributed by atoms with Crippen LogP contribution in [0.1, 0.15) is 68.1 Å². The number of imidazole rings is 1. The van der Waals surface area contributed by atoms with Gasteiger partial charge in [0.05, 0.1) is 4.92 Å². The highest BCUT2D eigenvalue weighted by Gasteiger charge is 2.34. The van der Waals surface area contributed by atoms with Crippen LogP contribution < -0.4 is 5.01 Å².